The van der Waals surface area contributed by atoms with E-state index in [4.69, 9.17) is 30.4 Å². The first-order valence-electron chi connectivity index (χ1n) is 8.60. The lowest BCUT2D eigenvalue weighted by molar-refractivity contribution is -0.328. The van der Waals surface area contributed by atoms with Crippen LogP contribution in [0, 0.1) is 0 Å². The molecule has 2 aliphatic heterocycles. The van der Waals surface area contributed by atoms with E-state index >= 15 is 0 Å². The second-order valence-corrected chi connectivity index (χ2v) is 6.86. The lowest BCUT2D eigenvalue weighted by atomic mass is 9.95. The lowest BCUT2D eigenvalue weighted by Crippen LogP contribution is -2.67. The van der Waals surface area contributed by atoms with Crippen LogP contribution in [0.3, 0.4) is 0 Å². The van der Waals surface area contributed by atoms with Gasteiger partial charge in [0.05, 0.1) is 31.4 Å². The molecule has 154 valence electrons. The Hall–Kier alpha value is -0.440. The summed E-state index contributed by atoms with van der Waals surface area (Å²) in [4.78, 5) is 0. The van der Waals surface area contributed by atoms with E-state index in [1.54, 1.807) is 13.8 Å². The Balaban J connectivity index is 2.12. The summed E-state index contributed by atoms with van der Waals surface area (Å²) in [5.41, 5.74) is 11.6. The SMILES string of the molecule is CC(C)OC1C(CO)OC(OC2C(CO)OC(O)C(N)C2O)C(N)C1O. The zero-order chi connectivity index (χ0) is 19.6. The van der Waals surface area contributed by atoms with Gasteiger partial charge in [-0.2, -0.15) is 0 Å². The summed E-state index contributed by atoms with van der Waals surface area (Å²) in [6.07, 6.45) is -9.53. The number of aliphatic hydroxyl groups excluding tert-OH is 5. The second-order valence-electron chi connectivity index (χ2n) is 6.86. The highest BCUT2D eigenvalue weighted by Crippen LogP contribution is 2.28. The van der Waals surface area contributed by atoms with Gasteiger partial charge in [-0.25, -0.2) is 0 Å². The van der Waals surface area contributed by atoms with Crippen molar-refractivity contribution >= 4 is 0 Å². The summed E-state index contributed by atoms with van der Waals surface area (Å²) in [7, 11) is 0. The number of hydrogen-bond acceptors (Lipinski definition) is 11. The van der Waals surface area contributed by atoms with E-state index in [2.05, 4.69) is 0 Å². The van der Waals surface area contributed by atoms with Gasteiger partial charge in [-0.15, -0.1) is 0 Å². The maximum atomic E-state index is 10.4. The van der Waals surface area contributed by atoms with E-state index in [1.165, 1.54) is 0 Å². The van der Waals surface area contributed by atoms with Crippen LogP contribution in [0.4, 0.5) is 0 Å². The minimum Gasteiger partial charge on any atom is -0.394 e. The molecule has 2 fully saturated rings. The molecule has 10 unspecified atom stereocenters. The van der Waals surface area contributed by atoms with Crippen molar-refractivity contribution in [3.8, 4) is 0 Å². The van der Waals surface area contributed by atoms with Gasteiger partial charge in [0.25, 0.3) is 0 Å². The first-order chi connectivity index (χ1) is 12.2. The number of rotatable bonds is 6. The van der Waals surface area contributed by atoms with Crippen molar-refractivity contribution in [1.82, 2.24) is 0 Å². The Kier molecular flexibility index (Phi) is 7.71. The molecular formula is C15H30N2O9. The van der Waals surface area contributed by atoms with Crippen molar-refractivity contribution in [2.45, 2.75) is 81.2 Å². The predicted molar refractivity (Wildman–Crippen MR) is 86.6 cm³/mol. The minimum absolute atomic E-state index is 0.233. The smallest absolute Gasteiger partial charge is 0.176 e. The van der Waals surface area contributed by atoms with Gasteiger partial charge in [-0.05, 0) is 13.8 Å². The zero-order valence-corrected chi connectivity index (χ0v) is 14.8. The summed E-state index contributed by atoms with van der Waals surface area (Å²) in [5.74, 6) is 0. The molecule has 2 rings (SSSR count). The fourth-order valence-corrected chi connectivity index (χ4v) is 3.12. The van der Waals surface area contributed by atoms with Crippen LogP contribution < -0.4 is 11.5 Å². The Labute approximate surface area is 151 Å². The molecule has 11 nitrogen and oxygen atoms in total. The Morgan fingerprint density at radius 1 is 0.885 bits per heavy atom. The third-order valence-electron chi connectivity index (χ3n) is 4.54. The first-order valence-corrected chi connectivity index (χ1v) is 8.60. The second kappa shape index (κ2) is 9.17. The summed E-state index contributed by atoms with van der Waals surface area (Å²) in [5, 5.41) is 49.3. The molecule has 0 amide bonds. The van der Waals surface area contributed by atoms with E-state index in [0.29, 0.717) is 0 Å². The maximum absolute atomic E-state index is 10.4. The summed E-state index contributed by atoms with van der Waals surface area (Å²) >= 11 is 0. The fourth-order valence-electron chi connectivity index (χ4n) is 3.12. The van der Waals surface area contributed by atoms with E-state index < -0.39 is 74.5 Å². The van der Waals surface area contributed by atoms with Gasteiger partial charge in [-0.1, -0.05) is 0 Å². The van der Waals surface area contributed by atoms with E-state index in [9.17, 15) is 25.5 Å². The van der Waals surface area contributed by atoms with Crippen molar-refractivity contribution in [2.24, 2.45) is 11.5 Å². The zero-order valence-electron chi connectivity index (χ0n) is 14.8. The van der Waals surface area contributed by atoms with Crippen LogP contribution in [0.25, 0.3) is 0 Å². The third-order valence-corrected chi connectivity index (χ3v) is 4.54. The van der Waals surface area contributed by atoms with Crippen LogP contribution in [0.5, 0.6) is 0 Å². The Morgan fingerprint density at radius 3 is 1.96 bits per heavy atom. The van der Waals surface area contributed by atoms with Crippen molar-refractivity contribution < 1.29 is 44.5 Å². The molecule has 0 aliphatic carbocycles. The van der Waals surface area contributed by atoms with E-state index in [0.717, 1.165) is 0 Å². The molecule has 0 spiro atoms. The Morgan fingerprint density at radius 2 is 1.42 bits per heavy atom. The molecule has 2 heterocycles. The van der Waals surface area contributed by atoms with Crippen molar-refractivity contribution in [3.05, 3.63) is 0 Å². The molecule has 0 aromatic rings. The molecule has 0 aromatic carbocycles. The first kappa shape index (κ1) is 21.9. The van der Waals surface area contributed by atoms with Gasteiger partial charge in [0.2, 0.25) is 0 Å². The molecule has 2 saturated heterocycles. The third kappa shape index (κ3) is 4.51. The van der Waals surface area contributed by atoms with Crippen LogP contribution in [0.15, 0.2) is 0 Å². The fraction of sp³-hybridized carbons (Fsp3) is 1.00. The number of nitrogens with two attached hydrogens (primary N) is 2. The van der Waals surface area contributed by atoms with Crippen LogP contribution >= 0.6 is 0 Å². The number of ether oxygens (including phenoxy) is 4. The van der Waals surface area contributed by atoms with E-state index in [1.807, 2.05) is 0 Å². The lowest BCUT2D eigenvalue weighted by Gasteiger charge is -2.47. The molecule has 0 saturated carbocycles. The van der Waals surface area contributed by atoms with Crippen molar-refractivity contribution in [1.29, 1.82) is 0 Å². The molecule has 26 heavy (non-hydrogen) atoms. The predicted octanol–water partition coefficient (Wildman–Crippen LogP) is -4.03. The number of hydrogen-bond donors (Lipinski definition) is 7. The average molecular weight is 382 g/mol. The number of aliphatic hydroxyl groups is 5. The van der Waals surface area contributed by atoms with Gasteiger partial charge < -0.3 is 55.9 Å². The molecule has 9 N–H and O–H groups in total. The summed E-state index contributed by atoms with van der Waals surface area (Å²) < 4.78 is 21.9. The molecular weight excluding hydrogens is 352 g/mol. The highest BCUT2D eigenvalue weighted by atomic mass is 16.7. The maximum Gasteiger partial charge on any atom is 0.176 e. The highest BCUT2D eigenvalue weighted by Gasteiger charge is 2.49. The van der Waals surface area contributed by atoms with Crippen LogP contribution in [0.2, 0.25) is 0 Å². The normalized spacial score (nSPS) is 47.3. The van der Waals surface area contributed by atoms with Gasteiger partial charge in [0, 0.05) is 0 Å². The molecule has 11 heteroatoms. The highest BCUT2D eigenvalue weighted by molar-refractivity contribution is 4.96. The van der Waals surface area contributed by atoms with Crippen LogP contribution in [-0.2, 0) is 18.9 Å². The van der Waals surface area contributed by atoms with E-state index in [-0.39, 0.29) is 6.10 Å². The Bertz CT molecular complexity index is 439. The molecule has 2 aliphatic rings. The molecule has 10 atom stereocenters. The van der Waals surface area contributed by atoms with Gasteiger partial charge in [0.15, 0.2) is 12.6 Å². The molecule has 0 aromatic heterocycles. The topological polar surface area (TPSA) is 190 Å². The van der Waals surface area contributed by atoms with Gasteiger partial charge >= 0.3 is 0 Å². The monoisotopic (exact) mass is 382 g/mol. The minimum atomic E-state index is -1.47. The van der Waals surface area contributed by atoms with Crippen LogP contribution in [0.1, 0.15) is 13.8 Å². The summed E-state index contributed by atoms with van der Waals surface area (Å²) in [6, 6.07) is -2.23. The van der Waals surface area contributed by atoms with Crippen molar-refractivity contribution in [2.75, 3.05) is 13.2 Å². The molecule has 0 bridgehead atoms. The largest absolute Gasteiger partial charge is 0.394 e. The standard InChI is InChI=1S/C15H30N2O9/c1-5(2)23-12-7(4-19)25-15(9(17)11(12)21)26-13-6(3-18)24-14(22)8(16)10(13)20/h5-15,18-22H,3-4,16-17H2,1-2H3. The average Bonchev–Trinajstić information content (AvgIpc) is 2.60. The quantitative estimate of drug-likeness (QED) is 0.237. The van der Waals surface area contributed by atoms with Gasteiger partial charge in [-0.3, -0.25) is 0 Å². The van der Waals surface area contributed by atoms with Crippen LogP contribution in [-0.4, -0.2) is 106 Å². The van der Waals surface area contributed by atoms with Crippen molar-refractivity contribution in [3.63, 3.8) is 0 Å². The van der Waals surface area contributed by atoms with Gasteiger partial charge in [0.1, 0.15) is 36.6 Å². The molecule has 0 radical (unpaired) electrons. The summed E-state index contributed by atoms with van der Waals surface area (Å²) in [6.45, 7) is 2.53.